The number of carbonyl (C=O) groups is 2. The molecule has 5 heteroatoms. The van der Waals surface area contributed by atoms with Crippen LogP contribution >= 0.6 is 0 Å². The van der Waals surface area contributed by atoms with Crippen molar-refractivity contribution in [3.63, 3.8) is 0 Å². The van der Waals surface area contributed by atoms with Gasteiger partial charge in [-0.15, -0.1) is 0 Å². The van der Waals surface area contributed by atoms with Gasteiger partial charge in [0.05, 0.1) is 25.4 Å². The molecule has 1 aromatic rings. The number of Topliss-reactive ketones (excluding diaryl/α,β-unsaturated/α-hetero) is 2. The number of carbonyl (C=O) groups excluding carboxylic acids is 2. The standard InChI is InChI=1S/C17H16O5/c1-8(2)12-7-10-14(18)13-9(15(19)16(10)22-12)5-6-11(20-3)17(13)21-4/h5-6,12H,1,7H2,2-4H3/t12-/m1/s1. The molecule has 0 fully saturated rings. The summed E-state index contributed by atoms with van der Waals surface area (Å²) in [7, 11) is 2.93. The van der Waals surface area contributed by atoms with Crippen LogP contribution < -0.4 is 9.47 Å². The van der Waals surface area contributed by atoms with Crippen LogP contribution in [0.25, 0.3) is 0 Å². The topological polar surface area (TPSA) is 61.8 Å². The molecule has 1 aromatic carbocycles. The molecular weight excluding hydrogens is 284 g/mol. The number of hydrogen-bond donors (Lipinski definition) is 0. The average Bonchev–Trinajstić information content (AvgIpc) is 2.97. The highest BCUT2D eigenvalue weighted by Crippen LogP contribution is 2.43. The molecule has 114 valence electrons. The summed E-state index contributed by atoms with van der Waals surface area (Å²) in [4.78, 5) is 25.4. The molecule has 0 radical (unpaired) electrons. The summed E-state index contributed by atoms with van der Waals surface area (Å²) in [5, 5.41) is 0. The molecule has 3 rings (SSSR count). The number of fused-ring (bicyclic) bond motifs is 1. The minimum atomic E-state index is -0.333. The third kappa shape index (κ3) is 1.85. The molecule has 1 aliphatic heterocycles. The van der Waals surface area contributed by atoms with Crippen LogP contribution in [0.4, 0.5) is 0 Å². The average molecular weight is 300 g/mol. The first-order valence-electron chi connectivity index (χ1n) is 6.89. The Labute approximate surface area is 128 Å². The molecule has 0 bridgehead atoms. The molecule has 1 heterocycles. The van der Waals surface area contributed by atoms with Crippen LogP contribution in [0.3, 0.4) is 0 Å². The van der Waals surface area contributed by atoms with Crippen molar-refractivity contribution in [1.82, 2.24) is 0 Å². The zero-order valence-corrected chi connectivity index (χ0v) is 12.7. The Balaban J connectivity index is 2.15. The van der Waals surface area contributed by atoms with Gasteiger partial charge < -0.3 is 14.2 Å². The van der Waals surface area contributed by atoms with Crippen LogP contribution in [-0.2, 0) is 4.74 Å². The summed E-state index contributed by atoms with van der Waals surface area (Å²) in [6.07, 6.45) is 0.0230. The lowest BCUT2D eigenvalue weighted by Gasteiger charge is -2.19. The van der Waals surface area contributed by atoms with E-state index in [9.17, 15) is 9.59 Å². The van der Waals surface area contributed by atoms with E-state index in [1.165, 1.54) is 14.2 Å². The van der Waals surface area contributed by atoms with Crippen molar-refractivity contribution >= 4 is 11.6 Å². The molecule has 0 unspecified atom stereocenters. The van der Waals surface area contributed by atoms with Gasteiger partial charge in [-0.3, -0.25) is 9.59 Å². The number of methoxy groups -OCH3 is 2. The zero-order valence-electron chi connectivity index (χ0n) is 12.7. The van der Waals surface area contributed by atoms with Crippen molar-refractivity contribution in [3.8, 4) is 11.5 Å². The van der Waals surface area contributed by atoms with Crippen LogP contribution in [0.15, 0.2) is 35.6 Å². The second-order valence-corrected chi connectivity index (χ2v) is 5.35. The lowest BCUT2D eigenvalue weighted by Crippen LogP contribution is -2.21. The van der Waals surface area contributed by atoms with E-state index in [2.05, 4.69) is 6.58 Å². The smallest absolute Gasteiger partial charge is 0.228 e. The van der Waals surface area contributed by atoms with Gasteiger partial charge in [0.15, 0.2) is 23.0 Å². The maximum absolute atomic E-state index is 12.8. The molecular formula is C17H16O5. The predicted molar refractivity (Wildman–Crippen MR) is 79.5 cm³/mol. The second kappa shape index (κ2) is 5.02. The van der Waals surface area contributed by atoms with Crippen LogP contribution in [-0.4, -0.2) is 31.9 Å². The van der Waals surface area contributed by atoms with Crippen molar-refractivity contribution < 1.29 is 23.8 Å². The Morgan fingerprint density at radius 1 is 1.23 bits per heavy atom. The number of rotatable bonds is 3. The van der Waals surface area contributed by atoms with E-state index in [-0.39, 0.29) is 40.3 Å². The van der Waals surface area contributed by atoms with Crippen LogP contribution in [0.5, 0.6) is 11.5 Å². The molecule has 0 spiro atoms. The maximum Gasteiger partial charge on any atom is 0.228 e. The van der Waals surface area contributed by atoms with Crippen molar-refractivity contribution in [2.24, 2.45) is 0 Å². The highest BCUT2D eigenvalue weighted by Gasteiger charge is 2.42. The number of allylic oxidation sites excluding steroid dienone is 1. The number of ether oxygens (including phenoxy) is 3. The zero-order chi connectivity index (χ0) is 16.0. The van der Waals surface area contributed by atoms with Crippen molar-refractivity contribution in [3.05, 3.63) is 46.7 Å². The van der Waals surface area contributed by atoms with Gasteiger partial charge in [0.1, 0.15) is 6.10 Å². The van der Waals surface area contributed by atoms with Crippen molar-refractivity contribution in [2.45, 2.75) is 19.4 Å². The number of benzene rings is 1. The van der Waals surface area contributed by atoms with Crippen molar-refractivity contribution in [1.29, 1.82) is 0 Å². The van der Waals surface area contributed by atoms with Crippen LogP contribution in [0.1, 0.15) is 34.1 Å². The Morgan fingerprint density at radius 3 is 2.55 bits per heavy atom. The molecule has 22 heavy (non-hydrogen) atoms. The summed E-state index contributed by atoms with van der Waals surface area (Å²) >= 11 is 0. The monoisotopic (exact) mass is 300 g/mol. The fourth-order valence-corrected chi connectivity index (χ4v) is 2.81. The van der Waals surface area contributed by atoms with Gasteiger partial charge >= 0.3 is 0 Å². The van der Waals surface area contributed by atoms with E-state index in [0.29, 0.717) is 17.7 Å². The summed E-state index contributed by atoms with van der Waals surface area (Å²) < 4.78 is 16.1. The first-order chi connectivity index (χ1) is 10.5. The third-order valence-corrected chi connectivity index (χ3v) is 3.97. The normalized spacial score (nSPS) is 19.5. The molecule has 2 aliphatic rings. The molecule has 0 N–H and O–H groups in total. The van der Waals surface area contributed by atoms with Gasteiger partial charge in [-0.2, -0.15) is 0 Å². The Bertz CT molecular complexity index is 742. The Hall–Kier alpha value is -2.56. The predicted octanol–water partition coefficient (Wildman–Crippen LogP) is 2.70. The van der Waals surface area contributed by atoms with Gasteiger partial charge in [0.25, 0.3) is 0 Å². The van der Waals surface area contributed by atoms with Gasteiger partial charge in [-0.25, -0.2) is 0 Å². The molecule has 1 aliphatic carbocycles. The van der Waals surface area contributed by atoms with E-state index in [1.54, 1.807) is 12.1 Å². The van der Waals surface area contributed by atoms with E-state index in [4.69, 9.17) is 14.2 Å². The third-order valence-electron chi connectivity index (χ3n) is 3.97. The van der Waals surface area contributed by atoms with E-state index < -0.39 is 0 Å². The highest BCUT2D eigenvalue weighted by atomic mass is 16.5. The second-order valence-electron chi connectivity index (χ2n) is 5.35. The van der Waals surface area contributed by atoms with Gasteiger partial charge in [-0.05, 0) is 24.6 Å². The SMILES string of the molecule is C=C(C)[C@H]1CC2=C(O1)C(=O)c1ccc(OC)c(OC)c1C2=O. The lowest BCUT2D eigenvalue weighted by atomic mass is 9.86. The molecule has 0 amide bonds. The van der Waals surface area contributed by atoms with Crippen LogP contribution in [0, 0.1) is 0 Å². The van der Waals surface area contributed by atoms with Gasteiger partial charge in [0, 0.05) is 12.0 Å². The molecule has 1 atom stereocenters. The fourth-order valence-electron chi connectivity index (χ4n) is 2.81. The first-order valence-corrected chi connectivity index (χ1v) is 6.89. The van der Waals surface area contributed by atoms with Crippen molar-refractivity contribution in [2.75, 3.05) is 14.2 Å². The summed E-state index contributed by atoms with van der Waals surface area (Å²) in [6, 6.07) is 3.18. The number of ketones is 2. The maximum atomic E-state index is 12.8. The lowest BCUT2D eigenvalue weighted by molar-refractivity contribution is 0.0875. The minimum absolute atomic E-state index is 0.137. The van der Waals surface area contributed by atoms with E-state index >= 15 is 0 Å². The van der Waals surface area contributed by atoms with Gasteiger partial charge in [-0.1, -0.05) is 6.58 Å². The molecule has 5 nitrogen and oxygen atoms in total. The molecule has 0 saturated carbocycles. The van der Waals surface area contributed by atoms with E-state index in [0.717, 1.165) is 5.57 Å². The largest absolute Gasteiger partial charge is 0.493 e. The Kier molecular flexibility index (Phi) is 3.28. The fraction of sp³-hybridized carbons (Fsp3) is 0.294. The summed E-state index contributed by atoms with van der Waals surface area (Å²) in [6.45, 7) is 5.65. The van der Waals surface area contributed by atoms with Crippen LogP contribution in [0.2, 0.25) is 0 Å². The highest BCUT2D eigenvalue weighted by molar-refractivity contribution is 6.27. The Morgan fingerprint density at radius 2 is 1.95 bits per heavy atom. The summed E-state index contributed by atoms with van der Waals surface area (Å²) in [5.41, 5.74) is 1.70. The quantitative estimate of drug-likeness (QED) is 0.803. The summed E-state index contributed by atoms with van der Waals surface area (Å²) in [5.74, 6) is 0.293. The number of hydrogen-bond acceptors (Lipinski definition) is 5. The molecule has 0 saturated heterocycles. The molecule has 0 aromatic heterocycles. The van der Waals surface area contributed by atoms with Gasteiger partial charge in [0.2, 0.25) is 5.78 Å². The minimum Gasteiger partial charge on any atom is -0.493 e. The first kappa shape index (κ1) is 14.4. The van der Waals surface area contributed by atoms with E-state index in [1.807, 2.05) is 6.92 Å².